The first kappa shape index (κ1) is 31.2. The number of hydrogen-bond acceptors (Lipinski definition) is 8. The van der Waals surface area contributed by atoms with Crippen molar-refractivity contribution >= 4 is 29.1 Å². The Hall–Kier alpha value is -2.98. The number of thiazole rings is 1. The van der Waals surface area contributed by atoms with Crippen molar-refractivity contribution in [3.05, 3.63) is 40.0 Å². The molecule has 4 rings (SSSR count). The molecule has 9 nitrogen and oxygen atoms in total. The number of hydrogen-bond donors (Lipinski definition) is 2. The second-order valence-corrected chi connectivity index (χ2v) is 9.40. The summed E-state index contributed by atoms with van der Waals surface area (Å²) in [6.07, 6.45) is -7.07. The van der Waals surface area contributed by atoms with Gasteiger partial charge in [0, 0.05) is 49.9 Å². The lowest BCUT2D eigenvalue weighted by molar-refractivity contribution is -0.193. The van der Waals surface area contributed by atoms with Crippen molar-refractivity contribution < 1.29 is 50.9 Å². The van der Waals surface area contributed by atoms with Gasteiger partial charge in [0.15, 0.2) is 0 Å². The predicted molar refractivity (Wildman–Crippen MR) is 124 cm³/mol. The lowest BCUT2D eigenvalue weighted by Gasteiger charge is -2.24. The van der Waals surface area contributed by atoms with Gasteiger partial charge in [-0.3, -0.25) is 4.90 Å². The molecule has 2 aliphatic heterocycles. The molecule has 0 spiro atoms. The molecule has 0 saturated carbocycles. The van der Waals surface area contributed by atoms with E-state index in [0.29, 0.717) is 5.92 Å². The molecule has 1 saturated heterocycles. The molecule has 0 bridgehead atoms. The molecule has 212 valence electrons. The molecule has 4 heterocycles. The van der Waals surface area contributed by atoms with E-state index in [2.05, 4.69) is 38.1 Å². The molecule has 0 radical (unpaired) electrons. The van der Waals surface area contributed by atoms with Crippen LogP contribution in [0.4, 0.5) is 32.2 Å². The minimum absolute atomic E-state index is 0.679. The Balaban J connectivity index is 0.000000301. The van der Waals surface area contributed by atoms with Gasteiger partial charge in [-0.05, 0) is 25.3 Å². The molecule has 2 aromatic rings. The molecule has 2 aliphatic rings. The fourth-order valence-corrected chi connectivity index (χ4v) is 4.21. The highest BCUT2D eigenvalue weighted by molar-refractivity contribution is 7.09. The molecule has 0 aliphatic carbocycles. The van der Waals surface area contributed by atoms with Gasteiger partial charge in [-0.1, -0.05) is 6.07 Å². The van der Waals surface area contributed by atoms with Crippen LogP contribution in [0.2, 0.25) is 0 Å². The molecule has 1 unspecified atom stereocenters. The Labute approximate surface area is 217 Å². The number of ether oxygens (including phenoxy) is 1. The van der Waals surface area contributed by atoms with Gasteiger partial charge in [0.25, 0.3) is 0 Å². The van der Waals surface area contributed by atoms with E-state index in [0.717, 1.165) is 62.5 Å². The zero-order valence-electron chi connectivity index (χ0n) is 20.1. The standard InChI is InChI=1S/C18H24N4OS.2C2HF3O2/c1-14-20-17(13-24-14)11-22-7-6-21(9-15-4-8-23-12-15)10-16-3-2-5-19-18(16)22;2*3-2(4,5)1(6)7/h2-3,5,13,15H,4,6-12H2,1H3;2*(H,6,7). The number of aliphatic carboxylic acids is 2. The second-order valence-electron chi connectivity index (χ2n) is 8.34. The van der Waals surface area contributed by atoms with Gasteiger partial charge in [-0.2, -0.15) is 26.3 Å². The maximum atomic E-state index is 10.6. The van der Waals surface area contributed by atoms with Crippen LogP contribution in [-0.4, -0.2) is 82.2 Å². The molecule has 38 heavy (non-hydrogen) atoms. The zero-order valence-corrected chi connectivity index (χ0v) is 20.9. The first-order valence-electron chi connectivity index (χ1n) is 11.2. The number of carboxylic acids is 2. The number of halogens is 6. The Morgan fingerprint density at radius 1 is 1.13 bits per heavy atom. The Bertz CT molecular complexity index is 1040. The van der Waals surface area contributed by atoms with E-state index in [4.69, 9.17) is 24.5 Å². The third-order valence-corrected chi connectivity index (χ3v) is 6.11. The minimum atomic E-state index is -5.08. The molecule has 0 amide bonds. The molecular weight excluding hydrogens is 546 g/mol. The number of rotatable bonds is 4. The quantitative estimate of drug-likeness (QED) is 0.525. The van der Waals surface area contributed by atoms with E-state index in [9.17, 15) is 26.3 Å². The van der Waals surface area contributed by atoms with Crippen LogP contribution in [0.3, 0.4) is 0 Å². The first-order valence-corrected chi connectivity index (χ1v) is 12.0. The van der Waals surface area contributed by atoms with E-state index in [1.807, 2.05) is 12.3 Å². The number of nitrogens with zero attached hydrogens (tertiary/aromatic N) is 4. The lowest BCUT2D eigenvalue weighted by atomic mass is 10.1. The topological polar surface area (TPSA) is 116 Å². The summed E-state index contributed by atoms with van der Waals surface area (Å²) in [5.41, 5.74) is 2.47. The van der Waals surface area contributed by atoms with Gasteiger partial charge < -0.3 is 19.8 Å². The fraction of sp³-hybridized carbons (Fsp3) is 0.545. The van der Waals surface area contributed by atoms with E-state index in [-0.39, 0.29) is 0 Å². The van der Waals surface area contributed by atoms with Gasteiger partial charge in [-0.25, -0.2) is 19.6 Å². The van der Waals surface area contributed by atoms with Crippen LogP contribution in [0.1, 0.15) is 22.7 Å². The van der Waals surface area contributed by atoms with Gasteiger partial charge >= 0.3 is 24.3 Å². The third-order valence-electron chi connectivity index (χ3n) is 5.29. The molecule has 1 atom stereocenters. The average Bonchev–Trinajstić information content (AvgIpc) is 3.44. The summed E-state index contributed by atoms with van der Waals surface area (Å²) in [5, 5.41) is 17.5. The lowest BCUT2D eigenvalue weighted by Crippen LogP contribution is -2.34. The summed E-state index contributed by atoms with van der Waals surface area (Å²) in [6, 6.07) is 4.26. The summed E-state index contributed by atoms with van der Waals surface area (Å²) in [5.74, 6) is -3.72. The van der Waals surface area contributed by atoms with Crippen LogP contribution in [0.5, 0.6) is 0 Å². The van der Waals surface area contributed by atoms with Gasteiger partial charge in [0.05, 0.1) is 23.9 Å². The van der Waals surface area contributed by atoms with E-state index >= 15 is 0 Å². The van der Waals surface area contributed by atoms with Crippen molar-refractivity contribution in [3.8, 4) is 0 Å². The van der Waals surface area contributed by atoms with E-state index in [1.165, 1.54) is 12.0 Å². The maximum absolute atomic E-state index is 10.6. The molecule has 1 fully saturated rings. The number of aryl methyl sites for hydroxylation is 1. The monoisotopic (exact) mass is 572 g/mol. The fourth-order valence-electron chi connectivity index (χ4n) is 3.61. The van der Waals surface area contributed by atoms with E-state index < -0.39 is 24.3 Å². The number of aromatic nitrogens is 2. The van der Waals surface area contributed by atoms with Gasteiger partial charge in [0.2, 0.25) is 0 Å². The summed E-state index contributed by atoms with van der Waals surface area (Å²) in [7, 11) is 0. The second kappa shape index (κ2) is 13.7. The SMILES string of the molecule is Cc1nc(CN2CCN(CC3CCOC3)Cc3cccnc32)cs1.O=C(O)C(F)(F)F.O=C(O)C(F)(F)F. The number of fused-ring (bicyclic) bond motifs is 1. The van der Waals surface area contributed by atoms with Crippen LogP contribution in [0, 0.1) is 12.8 Å². The highest BCUT2D eigenvalue weighted by atomic mass is 32.1. The Morgan fingerprint density at radius 3 is 2.26 bits per heavy atom. The van der Waals surface area contributed by atoms with Crippen molar-refractivity contribution in [2.24, 2.45) is 5.92 Å². The summed E-state index contributed by atoms with van der Waals surface area (Å²) in [4.78, 5) is 32.0. The van der Waals surface area contributed by atoms with Crippen LogP contribution < -0.4 is 4.90 Å². The number of anilines is 1. The van der Waals surface area contributed by atoms with Crippen molar-refractivity contribution in [3.63, 3.8) is 0 Å². The molecule has 16 heteroatoms. The first-order chi connectivity index (χ1) is 17.7. The molecule has 2 aromatic heterocycles. The predicted octanol–water partition coefficient (Wildman–Crippen LogP) is 3.97. The van der Waals surface area contributed by atoms with Crippen molar-refractivity contribution in [2.75, 3.05) is 37.7 Å². The number of carboxylic acid groups (broad SMARTS) is 2. The van der Waals surface area contributed by atoms with Crippen molar-refractivity contribution in [1.29, 1.82) is 0 Å². The van der Waals surface area contributed by atoms with Gasteiger partial charge in [-0.15, -0.1) is 11.3 Å². The van der Waals surface area contributed by atoms with E-state index in [1.54, 1.807) is 11.3 Å². The van der Waals surface area contributed by atoms with Crippen LogP contribution in [0.15, 0.2) is 23.7 Å². The van der Waals surface area contributed by atoms with Crippen LogP contribution >= 0.6 is 11.3 Å². The maximum Gasteiger partial charge on any atom is 0.490 e. The van der Waals surface area contributed by atoms with Crippen molar-refractivity contribution in [1.82, 2.24) is 14.9 Å². The highest BCUT2D eigenvalue weighted by Crippen LogP contribution is 2.26. The molecule has 0 aromatic carbocycles. The van der Waals surface area contributed by atoms with Crippen LogP contribution in [0.25, 0.3) is 0 Å². The summed E-state index contributed by atoms with van der Waals surface area (Å²) < 4.78 is 69.0. The van der Waals surface area contributed by atoms with Crippen LogP contribution in [-0.2, 0) is 27.4 Å². The number of carbonyl (C=O) groups is 2. The number of pyridine rings is 1. The zero-order chi connectivity index (χ0) is 28.5. The summed E-state index contributed by atoms with van der Waals surface area (Å²) in [6.45, 7) is 8.90. The minimum Gasteiger partial charge on any atom is -0.475 e. The van der Waals surface area contributed by atoms with Crippen molar-refractivity contribution in [2.45, 2.75) is 38.8 Å². The smallest absolute Gasteiger partial charge is 0.475 e. The Kier molecular flexibility index (Phi) is 11.3. The number of alkyl halides is 6. The largest absolute Gasteiger partial charge is 0.490 e. The van der Waals surface area contributed by atoms with Gasteiger partial charge in [0.1, 0.15) is 5.82 Å². The normalized spacial score (nSPS) is 17.9. The molecular formula is C22H26F6N4O5S. The summed E-state index contributed by atoms with van der Waals surface area (Å²) >= 11 is 1.72. The average molecular weight is 573 g/mol. The molecule has 2 N–H and O–H groups in total. The third kappa shape index (κ3) is 10.4. The Morgan fingerprint density at radius 2 is 1.76 bits per heavy atom. The highest BCUT2D eigenvalue weighted by Gasteiger charge is 2.38.